The molecule has 3 heterocycles. The number of nitrogens with zero attached hydrogens (tertiary/aromatic N) is 5. The number of nitrogens with one attached hydrogen (secondary N) is 1. The fraction of sp³-hybridized carbons (Fsp3) is 0.318. The molecule has 1 aliphatic rings. The van der Waals surface area contributed by atoms with Crippen LogP contribution >= 0.6 is 0 Å². The number of aliphatic hydroxyl groups is 2. The minimum Gasteiger partial charge on any atom is -0.387 e. The Morgan fingerprint density at radius 1 is 1.26 bits per heavy atom. The van der Waals surface area contributed by atoms with Gasteiger partial charge in [-0.1, -0.05) is 5.92 Å². The van der Waals surface area contributed by atoms with Gasteiger partial charge in [0.1, 0.15) is 23.5 Å². The van der Waals surface area contributed by atoms with Crippen molar-refractivity contribution in [2.75, 3.05) is 26.4 Å². The number of likely N-dealkylation sites (N-methyl/N-ethyl adjacent to an activating group) is 1. The van der Waals surface area contributed by atoms with Gasteiger partial charge in [0.05, 0.1) is 12.9 Å². The van der Waals surface area contributed by atoms with Crippen LogP contribution in [0.25, 0.3) is 11.2 Å². The number of hydrogen-bond acceptors (Lipinski definition) is 9. The molecule has 0 bridgehead atoms. The molecule has 1 aromatic carbocycles. The Morgan fingerprint density at radius 2 is 1.97 bits per heavy atom. The van der Waals surface area contributed by atoms with Crippen LogP contribution in [0.2, 0.25) is 0 Å². The summed E-state index contributed by atoms with van der Waals surface area (Å²) in [5, 5.41) is 23.0. The summed E-state index contributed by atoms with van der Waals surface area (Å²) in [5.41, 5.74) is 6.69. The third-order valence-electron chi connectivity index (χ3n) is 5.42. The lowest BCUT2D eigenvalue weighted by Crippen LogP contribution is -2.41. The van der Waals surface area contributed by atoms with E-state index >= 15 is 0 Å². The third-order valence-corrected chi connectivity index (χ3v) is 5.42. The summed E-state index contributed by atoms with van der Waals surface area (Å²) < 4.78 is 20.0. The summed E-state index contributed by atoms with van der Waals surface area (Å²) in [7, 11) is 2.93. The number of rotatable bonds is 4. The second-order valence-corrected chi connectivity index (χ2v) is 7.77. The predicted molar refractivity (Wildman–Crippen MR) is 120 cm³/mol. The van der Waals surface area contributed by atoms with E-state index < -0.39 is 36.3 Å². The van der Waals surface area contributed by atoms with Crippen LogP contribution in [0.1, 0.15) is 22.4 Å². The number of halogens is 1. The van der Waals surface area contributed by atoms with E-state index in [2.05, 4.69) is 32.1 Å². The molecule has 1 aliphatic heterocycles. The van der Waals surface area contributed by atoms with Crippen LogP contribution < -0.4 is 11.1 Å². The van der Waals surface area contributed by atoms with Crippen molar-refractivity contribution in [2.24, 2.45) is 0 Å². The van der Waals surface area contributed by atoms with Crippen molar-refractivity contribution in [3.05, 3.63) is 47.8 Å². The second-order valence-electron chi connectivity index (χ2n) is 7.77. The number of carbonyl (C=O) groups excluding carboxylic acids is 2. The van der Waals surface area contributed by atoms with Crippen LogP contribution in [0.5, 0.6) is 0 Å². The first kappa shape index (κ1) is 24.0. The van der Waals surface area contributed by atoms with Gasteiger partial charge < -0.3 is 30.9 Å². The maximum absolute atomic E-state index is 13.1. The van der Waals surface area contributed by atoms with Gasteiger partial charge in [-0.05, 0) is 30.2 Å². The number of hydrogen-bond donors (Lipinski definition) is 4. The molecule has 13 heteroatoms. The van der Waals surface area contributed by atoms with Crippen molar-refractivity contribution in [1.82, 2.24) is 29.7 Å². The largest absolute Gasteiger partial charge is 0.387 e. The standard InChI is InChI=1S/C22H22FN7O5/c1-25-20(33)17-15(31)16(32)22(35-17)30-10-26-14-18(24)27-13(28-19(14)30)4-3-9-29(2)21(34)11-5-7-12(23)8-6-11/h5-8,10,15-17,22,31-32H,9H2,1-2H3,(H,25,33)(H2,24,27,28)/t15?,16-,17+,22-/m1/s1. The van der Waals surface area contributed by atoms with E-state index in [-0.39, 0.29) is 35.3 Å². The van der Waals surface area contributed by atoms with Crippen molar-refractivity contribution in [1.29, 1.82) is 0 Å². The number of aliphatic hydroxyl groups excluding tert-OH is 2. The molecule has 0 spiro atoms. The van der Waals surface area contributed by atoms with E-state index in [1.165, 1.54) is 47.1 Å². The van der Waals surface area contributed by atoms with Gasteiger partial charge in [0, 0.05) is 19.7 Å². The minimum absolute atomic E-state index is 0.0182. The fourth-order valence-corrected chi connectivity index (χ4v) is 3.55. The van der Waals surface area contributed by atoms with E-state index in [1.807, 2.05) is 0 Å². The minimum atomic E-state index is -1.47. The Labute approximate surface area is 198 Å². The molecule has 0 radical (unpaired) electrons. The van der Waals surface area contributed by atoms with Gasteiger partial charge in [-0.3, -0.25) is 14.2 Å². The van der Waals surface area contributed by atoms with Crippen LogP contribution in [0.15, 0.2) is 30.6 Å². The molecule has 3 aromatic rings. The number of nitrogen functional groups attached to an aromatic ring is 1. The SMILES string of the molecule is CNC(=O)[C@H]1O[C@@H](n2cnc3c(N)nc(C#CCN(C)C(=O)c4ccc(F)cc4)nc32)[C@H](O)C1O. The molecular formula is C22H22FN7O5. The molecule has 12 nitrogen and oxygen atoms in total. The number of benzene rings is 1. The molecule has 4 rings (SSSR count). The molecule has 2 aromatic heterocycles. The highest BCUT2D eigenvalue weighted by molar-refractivity contribution is 5.94. The molecule has 0 aliphatic carbocycles. The topological polar surface area (TPSA) is 169 Å². The first-order valence-electron chi connectivity index (χ1n) is 10.4. The average molecular weight is 483 g/mol. The number of aromatic nitrogens is 4. The molecule has 0 saturated carbocycles. The molecule has 2 amide bonds. The number of amides is 2. The van der Waals surface area contributed by atoms with Gasteiger partial charge in [0.15, 0.2) is 23.8 Å². The summed E-state index contributed by atoms with van der Waals surface area (Å²) in [6.45, 7) is 0.0290. The summed E-state index contributed by atoms with van der Waals surface area (Å²) in [4.78, 5) is 38.3. The van der Waals surface area contributed by atoms with Crippen molar-refractivity contribution in [3.8, 4) is 11.8 Å². The maximum Gasteiger partial charge on any atom is 0.254 e. The lowest BCUT2D eigenvalue weighted by atomic mass is 10.1. The van der Waals surface area contributed by atoms with E-state index in [9.17, 15) is 24.2 Å². The Kier molecular flexibility index (Phi) is 6.61. The first-order valence-corrected chi connectivity index (χ1v) is 10.4. The second kappa shape index (κ2) is 9.63. The lowest BCUT2D eigenvalue weighted by Gasteiger charge is -2.16. The zero-order valence-corrected chi connectivity index (χ0v) is 18.7. The molecule has 1 fully saturated rings. The Bertz CT molecular complexity index is 1330. The zero-order valence-electron chi connectivity index (χ0n) is 18.7. The number of nitrogens with two attached hydrogens (primary N) is 1. The highest BCUT2D eigenvalue weighted by Crippen LogP contribution is 2.32. The summed E-state index contributed by atoms with van der Waals surface area (Å²) in [6.07, 6.45) is -4.05. The molecule has 5 N–H and O–H groups in total. The summed E-state index contributed by atoms with van der Waals surface area (Å²) in [6, 6.07) is 5.16. The fourth-order valence-electron chi connectivity index (χ4n) is 3.55. The highest BCUT2D eigenvalue weighted by atomic mass is 19.1. The molecule has 1 saturated heterocycles. The van der Waals surface area contributed by atoms with Crippen LogP contribution in [0.3, 0.4) is 0 Å². The van der Waals surface area contributed by atoms with Gasteiger partial charge in [0.2, 0.25) is 5.82 Å². The number of imidazole rings is 1. The van der Waals surface area contributed by atoms with Gasteiger partial charge in [0.25, 0.3) is 11.8 Å². The molecular weight excluding hydrogens is 461 g/mol. The van der Waals surface area contributed by atoms with Crippen LogP contribution in [0.4, 0.5) is 10.2 Å². The van der Waals surface area contributed by atoms with Crippen molar-refractivity contribution >= 4 is 28.8 Å². The van der Waals surface area contributed by atoms with E-state index in [0.717, 1.165) is 0 Å². The highest BCUT2D eigenvalue weighted by Gasteiger charge is 2.47. The maximum atomic E-state index is 13.1. The number of fused-ring (bicyclic) bond motifs is 1. The normalized spacial score (nSPS) is 21.4. The van der Waals surface area contributed by atoms with E-state index in [1.54, 1.807) is 7.05 Å². The zero-order chi connectivity index (χ0) is 25.3. The van der Waals surface area contributed by atoms with Crippen molar-refractivity contribution in [2.45, 2.75) is 24.5 Å². The van der Waals surface area contributed by atoms with Gasteiger partial charge in [-0.2, -0.15) is 0 Å². The van der Waals surface area contributed by atoms with E-state index in [4.69, 9.17) is 10.5 Å². The smallest absolute Gasteiger partial charge is 0.254 e. The monoisotopic (exact) mass is 483 g/mol. The summed E-state index contributed by atoms with van der Waals surface area (Å²) >= 11 is 0. The Balaban J connectivity index is 1.56. The third kappa shape index (κ3) is 4.62. The number of anilines is 1. The van der Waals surface area contributed by atoms with Crippen molar-refractivity contribution < 1.29 is 28.9 Å². The Hall–Kier alpha value is -4.12. The van der Waals surface area contributed by atoms with Crippen LogP contribution in [0, 0.1) is 17.7 Å². The summed E-state index contributed by atoms with van der Waals surface area (Å²) in [5.74, 6) is 4.17. The van der Waals surface area contributed by atoms with Gasteiger partial charge in [-0.25, -0.2) is 19.3 Å². The average Bonchev–Trinajstić information content (AvgIpc) is 3.39. The van der Waals surface area contributed by atoms with Crippen molar-refractivity contribution in [3.63, 3.8) is 0 Å². The first-order chi connectivity index (χ1) is 16.7. The number of ether oxygens (including phenoxy) is 1. The van der Waals surface area contributed by atoms with E-state index in [0.29, 0.717) is 5.56 Å². The molecule has 35 heavy (non-hydrogen) atoms. The molecule has 1 unspecified atom stereocenters. The van der Waals surface area contributed by atoms with Gasteiger partial charge in [-0.15, -0.1) is 0 Å². The Morgan fingerprint density at radius 3 is 2.66 bits per heavy atom. The lowest BCUT2D eigenvalue weighted by molar-refractivity contribution is -0.137. The molecule has 182 valence electrons. The van der Waals surface area contributed by atoms with Crippen LogP contribution in [-0.4, -0.2) is 85.4 Å². The van der Waals surface area contributed by atoms with Crippen LogP contribution in [-0.2, 0) is 9.53 Å². The van der Waals surface area contributed by atoms with Gasteiger partial charge >= 0.3 is 0 Å². The quantitative estimate of drug-likeness (QED) is 0.341. The number of carbonyl (C=O) groups is 2. The predicted octanol–water partition coefficient (Wildman–Crippen LogP) is -0.963. The molecule has 4 atom stereocenters.